The Labute approximate surface area is 184 Å². The first-order valence-electron chi connectivity index (χ1n) is 10.6. The maximum atomic E-state index is 12.4. The summed E-state index contributed by atoms with van der Waals surface area (Å²) in [5, 5.41) is 4.05. The van der Waals surface area contributed by atoms with Crippen LogP contribution in [0, 0.1) is 0 Å². The lowest BCUT2D eigenvalue weighted by molar-refractivity contribution is 0.0506. The maximum absolute atomic E-state index is 12.4. The Morgan fingerprint density at radius 1 is 0.581 bits per heavy atom. The highest BCUT2D eigenvalue weighted by atomic mass is 31.2. The smallest absolute Gasteiger partial charge is 0.338 e. The van der Waals surface area contributed by atoms with Crippen LogP contribution >= 0.6 is 7.26 Å². The second kappa shape index (κ2) is 10.2. The van der Waals surface area contributed by atoms with Gasteiger partial charge in [0, 0.05) is 6.42 Å². The molecule has 0 unspecified atom stereocenters. The van der Waals surface area contributed by atoms with Gasteiger partial charge in [0.15, 0.2) is 0 Å². The predicted molar refractivity (Wildman–Crippen MR) is 131 cm³/mol. The maximum Gasteiger partial charge on any atom is 0.338 e. The van der Waals surface area contributed by atoms with Crippen LogP contribution in [-0.4, -0.2) is 18.7 Å². The lowest BCUT2D eigenvalue weighted by Gasteiger charge is -2.27. The average molecular weight is 425 g/mol. The minimum atomic E-state index is -1.88. The van der Waals surface area contributed by atoms with Gasteiger partial charge in [0.05, 0.1) is 18.3 Å². The summed E-state index contributed by atoms with van der Waals surface area (Å²) in [5.74, 6) is -0.260. The topological polar surface area (TPSA) is 26.3 Å². The van der Waals surface area contributed by atoms with E-state index in [0.717, 1.165) is 12.6 Å². The van der Waals surface area contributed by atoms with Crippen LogP contribution in [0.5, 0.6) is 0 Å². The fourth-order valence-electron chi connectivity index (χ4n) is 4.01. The van der Waals surface area contributed by atoms with Gasteiger partial charge in [-0.05, 0) is 48.5 Å². The number of esters is 1. The molecule has 0 fully saturated rings. The molecule has 0 amide bonds. The highest BCUT2D eigenvalue weighted by Crippen LogP contribution is 2.55. The number of hydrogen-bond donors (Lipinski definition) is 0. The summed E-state index contributed by atoms with van der Waals surface area (Å²) in [7, 11) is -1.88. The molecule has 0 aromatic heterocycles. The van der Waals surface area contributed by atoms with E-state index in [1.54, 1.807) is 12.1 Å². The molecule has 0 aliphatic rings. The Hall–Kier alpha value is -3.22. The summed E-state index contributed by atoms with van der Waals surface area (Å²) >= 11 is 0. The van der Waals surface area contributed by atoms with Crippen molar-refractivity contribution in [2.75, 3.05) is 12.8 Å². The predicted octanol–water partition coefficient (Wildman–Crippen LogP) is 5.23. The molecule has 4 aromatic carbocycles. The van der Waals surface area contributed by atoms with E-state index < -0.39 is 7.26 Å². The second-order valence-electron chi connectivity index (χ2n) is 7.40. The second-order valence-corrected chi connectivity index (χ2v) is 11.0. The Balaban J connectivity index is 1.63. The molecule has 4 rings (SSSR count). The molecule has 0 atom stereocenters. The Bertz CT molecular complexity index is 984. The fourth-order valence-corrected chi connectivity index (χ4v) is 8.32. The fraction of sp³-hybridized carbons (Fsp3) is 0.107. The Kier molecular flexibility index (Phi) is 6.92. The van der Waals surface area contributed by atoms with Gasteiger partial charge in [-0.3, -0.25) is 0 Å². The molecule has 0 aliphatic carbocycles. The quantitative estimate of drug-likeness (QED) is 0.220. The summed E-state index contributed by atoms with van der Waals surface area (Å²) in [6, 6.07) is 41.5. The van der Waals surface area contributed by atoms with Gasteiger partial charge in [0.2, 0.25) is 0 Å². The van der Waals surface area contributed by atoms with Crippen LogP contribution in [0.15, 0.2) is 121 Å². The Morgan fingerprint density at radius 3 is 1.39 bits per heavy atom. The average Bonchev–Trinajstić information content (AvgIpc) is 2.86. The first-order valence-corrected chi connectivity index (χ1v) is 12.6. The van der Waals surface area contributed by atoms with E-state index >= 15 is 0 Å². The summed E-state index contributed by atoms with van der Waals surface area (Å²) in [6.07, 6.45) is 1.73. The lowest BCUT2D eigenvalue weighted by atomic mass is 10.2. The van der Waals surface area contributed by atoms with Crippen molar-refractivity contribution in [1.29, 1.82) is 0 Å². The van der Waals surface area contributed by atoms with Crippen LogP contribution in [0.4, 0.5) is 0 Å². The summed E-state index contributed by atoms with van der Waals surface area (Å²) in [5.41, 5.74) is 0.595. The molecule has 2 nitrogen and oxygen atoms in total. The van der Waals surface area contributed by atoms with Crippen molar-refractivity contribution in [2.45, 2.75) is 6.42 Å². The summed E-state index contributed by atoms with van der Waals surface area (Å²) in [4.78, 5) is 12.4. The van der Waals surface area contributed by atoms with E-state index in [-0.39, 0.29) is 5.97 Å². The van der Waals surface area contributed by atoms with E-state index in [2.05, 4.69) is 91.0 Å². The Morgan fingerprint density at radius 2 is 0.968 bits per heavy atom. The highest BCUT2D eigenvalue weighted by Gasteiger charge is 2.44. The third-order valence-corrected chi connectivity index (χ3v) is 10.00. The van der Waals surface area contributed by atoms with Crippen molar-refractivity contribution in [3.05, 3.63) is 127 Å². The molecule has 154 valence electrons. The minimum absolute atomic E-state index is 0.260. The number of hydrogen-bond acceptors (Lipinski definition) is 2. The van der Waals surface area contributed by atoms with Gasteiger partial charge in [-0.2, -0.15) is 0 Å². The zero-order valence-corrected chi connectivity index (χ0v) is 18.3. The molecule has 0 saturated heterocycles. The van der Waals surface area contributed by atoms with Crippen molar-refractivity contribution in [3.8, 4) is 0 Å². The van der Waals surface area contributed by atoms with Crippen molar-refractivity contribution in [2.24, 2.45) is 0 Å². The van der Waals surface area contributed by atoms with Gasteiger partial charge < -0.3 is 4.74 Å². The van der Waals surface area contributed by atoms with Crippen molar-refractivity contribution in [1.82, 2.24) is 0 Å². The number of rotatable bonds is 8. The first-order chi connectivity index (χ1) is 15.3. The monoisotopic (exact) mass is 425 g/mol. The number of benzene rings is 4. The third kappa shape index (κ3) is 4.76. The lowest BCUT2D eigenvalue weighted by Crippen LogP contribution is -2.33. The van der Waals surface area contributed by atoms with E-state index in [0.29, 0.717) is 12.2 Å². The van der Waals surface area contributed by atoms with E-state index in [9.17, 15) is 4.79 Å². The molecule has 0 bridgehead atoms. The van der Waals surface area contributed by atoms with Gasteiger partial charge in [0.25, 0.3) is 0 Å². The molecule has 0 saturated carbocycles. The highest BCUT2D eigenvalue weighted by molar-refractivity contribution is 7.95. The van der Waals surface area contributed by atoms with Crippen LogP contribution < -0.4 is 15.9 Å². The normalized spacial score (nSPS) is 11.1. The van der Waals surface area contributed by atoms with Crippen LogP contribution in [-0.2, 0) is 4.74 Å². The zero-order valence-electron chi connectivity index (χ0n) is 17.4. The van der Waals surface area contributed by atoms with E-state index in [1.807, 2.05) is 18.2 Å². The number of carbonyl (C=O) groups is 1. The molecular weight excluding hydrogens is 399 g/mol. The van der Waals surface area contributed by atoms with Crippen LogP contribution in [0.2, 0.25) is 0 Å². The molecule has 4 aromatic rings. The summed E-state index contributed by atoms with van der Waals surface area (Å²) in [6.45, 7) is 0.405. The number of carbonyl (C=O) groups excluding carboxylic acids is 1. The van der Waals surface area contributed by atoms with Crippen LogP contribution in [0.25, 0.3) is 0 Å². The molecule has 3 heteroatoms. The molecule has 0 aliphatic heterocycles. The first kappa shape index (κ1) is 21.0. The van der Waals surface area contributed by atoms with Gasteiger partial charge in [-0.1, -0.05) is 72.8 Å². The summed E-state index contributed by atoms with van der Waals surface area (Å²) < 4.78 is 5.61. The molecular formula is C28H26O2P+. The van der Waals surface area contributed by atoms with Crippen molar-refractivity contribution >= 4 is 29.1 Å². The SMILES string of the molecule is O=C(OCCC[P+](c1ccccc1)(c1ccccc1)c1ccccc1)c1ccccc1. The van der Waals surface area contributed by atoms with Crippen LogP contribution in [0.1, 0.15) is 16.8 Å². The van der Waals surface area contributed by atoms with Gasteiger partial charge in [0.1, 0.15) is 23.2 Å². The van der Waals surface area contributed by atoms with Crippen molar-refractivity contribution in [3.63, 3.8) is 0 Å². The minimum Gasteiger partial charge on any atom is -0.462 e. The van der Waals surface area contributed by atoms with Gasteiger partial charge >= 0.3 is 5.97 Å². The zero-order chi connectivity index (χ0) is 21.4. The third-order valence-electron chi connectivity index (χ3n) is 5.47. The molecule has 0 spiro atoms. The number of ether oxygens (including phenoxy) is 1. The van der Waals surface area contributed by atoms with Gasteiger partial charge in [-0.25, -0.2) is 4.79 Å². The van der Waals surface area contributed by atoms with E-state index in [1.165, 1.54) is 15.9 Å². The molecule has 0 N–H and O–H groups in total. The van der Waals surface area contributed by atoms with Gasteiger partial charge in [-0.15, -0.1) is 0 Å². The standard InChI is InChI=1S/C28H26O2P/c29-28(24-14-5-1-6-15-24)30-22-13-23-31(25-16-7-2-8-17-25,26-18-9-3-10-19-26)27-20-11-4-12-21-27/h1-12,14-21H,13,22-23H2/q+1. The molecule has 0 radical (unpaired) electrons. The largest absolute Gasteiger partial charge is 0.462 e. The molecule has 0 heterocycles. The van der Waals surface area contributed by atoms with E-state index in [4.69, 9.17) is 4.74 Å². The van der Waals surface area contributed by atoms with Crippen molar-refractivity contribution < 1.29 is 9.53 Å². The van der Waals surface area contributed by atoms with Crippen LogP contribution in [0.3, 0.4) is 0 Å². The molecule has 31 heavy (non-hydrogen) atoms.